The molecular weight excluding hydrogens is 296 g/mol. The van der Waals surface area contributed by atoms with Crippen LogP contribution in [0.5, 0.6) is 5.75 Å². The number of ether oxygens (including phenoxy) is 1. The number of thiazole rings is 1. The SMILES string of the molecule is COc1ccc(-c2ccc(=O)n(Cc3cnc(C)s3)c2)cc1. The van der Waals surface area contributed by atoms with Crippen LogP contribution in [0, 0.1) is 6.92 Å². The van der Waals surface area contributed by atoms with Gasteiger partial charge in [-0.05, 0) is 36.2 Å². The number of aryl methyl sites for hydroxylation is 1. The molecule has 1 aromatic carbocycles. The number of rotatable bonds is 4. The van der Waals surface area contributed by atoms with Crippen molar-refractivity contribution >= 4 is 11.3 Å². The highest BCUT2D eigenvalue weighted by atomic mass is 32.1. The average Bonchev–Trinajstić information content (AvgIpc) is 2.95. The van der Waals surface area contributed by atoms with Crippen molar-refractivity contribution in [3.8, 4) is 16.9 Å². The van der Waals surface area contributed by atoms with Crippen molar-refractivity contribution in [3.05, 3.63) is 69.0 Å². The number of hydrogen-bond acceptors (Lipinski definition) is 4. The molecule has 4 nitrogen and oxygen atoms in total. The molecule has 112 valence electrons. The molecule has 22 heavy (non-hydrogen) atoms. The summed E-state index contributed by atoms with van der Waals surface area (Å²) >= 11 is 1.61. The van der Waals surface area contributed by atoms with Crippen LogP contribution in [-0.2, 0) is 6.54 Å². The number of pyridine rings is 1. The monoisotopic (exact) mass is 312 g/mol. The molecule has 0 aliphatic heterocycles. The van der Waals surface area contributed by atoms with Crippen LogP contribution in [0.3, 0.4) is 0 Å². The predicted molar refractivity (Wildman–Crippen MR) is 88.6 cm³/mol. The van der Waals surface area contributed by atoms with Crippen LogP contribution < -0.4 is 10.3 Å². The number of benzene rings is 1. The third kappa shape index (κ3) is 3.09. The lowest BCUT2D eigenvalue weighted by Crippen LogP contribution is -2.18. The second-order valence-corrected chi connectivity index (χ2v) is 6.28. The Balaban J connectivity index is 1.93. The number of aromatic nitrogens is 2. The Bertz CT molecular complexity index is 834. The summed E-state index contributed by atoms with van der Waals surface area (Å²) in [4.78, 5) is 17.3. The summed E-state index contributed by atoms with van der Waals surface area (Å²) in [5, 5.41) is 1.01. The van der Waals surface area contributed by atoms with Gasteiger partial charge in [-0.1, -0.05) is 12.1 Å². The standard InChI is InChI=1S/C17H16N2O2S/c1-12-18-9-16(22-12)11-19-10-14(5-8-17(19)20)13-3-6-15(21-2)7-4-13/h3-10H,11H2,1-2H3. The second kappa shape index (κ2) is 6.15. The molecule has 0 aliphatic carbocycles. The van der Waals surface area contributed by atoms with Crippen LogP contribution in [0.15, 0.2) is 53.6 Å². The van der Waals surface area contributed by atoms with Gasteiger partial charge < -0.3 is 9.30 Å². The van der Waals surface area contributed by atoms with Crippen LogP contribution >= 0.6 is 11.3 Å². The second-order valence-electron chi connectivity index (χ2n) is 4.96. The lowest BCUT2D eigenvalue weighted by molar-refractivity contribution is 0.415. The normalized spacial score (nSPS) is 10.6. The molecule has 0 saturated heterocycles. The molecular formula is C17H16N2O2S. The van der Waals surface area contributed by atoms with Gasteiger partial charge in [-0.3, -0.25) is 4.79 Å². The van der Waals surface area contributed by atoms with Crippen molar-refractivity contribution in [1.82, 2.24) is 9.55 Å². The topological polar surface area (TPSA) is 44.1 Å². The van der Waals surface area contributed by atoms with E-state index >= 15 is 0 Å². The Morgan fingerprint density at radius 2 is 1.86 bits per heavy atom. The van der Waals surface area contributed by atoms with E-state index in [1.54, 1.807) is 29.1 Å². The summed E-state index contributed by atoms with van der Waals surface area (Å²) in [6, 6.07) is 11.3. The molecule has 5 heteroatoms. The zero-order chi connectivity index (χ0) is 15.5. The fourth-order valence-electron chi connectivity index (χ4n) is 2.26. The molecule has 3 rings (SSSR count). The zero-order valence-electron chi connectivity index (χ0n) is 12.4. The quantitative estimate of drug-likeness (QED) is 0.742. The summed E-state index contributed by atoms with van der Waals surface area (Å²) in [7, 11) is 1.65. The van der Waals surface area contributed by atoms with E-state index in [4.69, 9.17) is 4.74 Å². The van der Waals surface area contributed by atoms with E-state index in [9.17, 15) is 4.79 Å². The van der Waals surface area contributed by atoms with Gasteiger partial charge in [-0.2, -0.15) is 0 Å². The van der Waals surface area contributed by atoms with Crippen molar-refractivity contribution in [3.63, 3.8) is 0 Å². The Hall–Kier alpha value is -2.40. The van der Waals surface area contributed by atoms with Gasteiger partial charge in [0.2, 0.25) is 0 Å². The van der Waals surface area contributed by atoms with Crippen LogP contribution in [-0.4, -0.2) is 16.7 Å². The zero-order valence-corrected chi connectivity index (χ0v) is 13.3. The molecule has 0 fully saturated rings. The molecule has 3 aromatic rings. The summed E-state index contributed by atoms with van der Waals surface area (Å²) in [6.07, 6.45) is 3.71. The van der Waals surface area contributed by atoms with Gasteiger partial charge in [0.1, 0.15) is 5.75 Å². The molecule has 0 bridgehead atoms. The maximum atomic E-state index is 12.0. The van der Waals surface area contributed by atoms with E-state index in [2.05, 4.69) is 4.98 Å². The predicted octanol–water partition coefficient (Wildman–Crippen LogP) is 3.34. The summed E-state index contributed by atoms with van der Waals surface area (Å²) in [6.45, 7) is 2.51. The lowest BCUT2D eigenvalue weighted by atomic mass is 10.1. The molecule has 0 unspecified atom stereocenters. The minimum atomic E-state index is -0.0108. The van der Waals surface area contributed by atoms with Crippen molar-refractivity contribution < 1.29 is 4.74 Å². The highest BCUT2D eigenvalue weighted by Crippen LogP contribution is 2.21. The van der Waals surface area contributed by atoms with Crippen LogP contribution in [0.25, 0.3) is 11.1 Å². The molecule has 0 saturated carbocycles. The van der Waals surface area contributed by atoms with Crippen molar-refractivity contribution in [2.24, 2.45) is 0 Å². The number of hydrogen-bond donors (Lipinski definition) is 0. The molecule has 0 atom stereocenters. The Morgan fingerprint density at radius 3 is 2.50 bits per heavy atom. The summed E-state index contributed by atoms with van der Waals surface area (Å²) in [5.41, 5.74) is 2.04. The third-order valence-corrected chi connectivity index (χ3v) is 4.30. The van der Waals surface area contributed by atoms with Crippen LogP contribution in [0.1, 0.15) is 9.88 Å². The van der Waals surface area contributed by atoms with Crippen LogP contribution in [0.4, 0.5) is 0 Å². The highest BCUT2D eigenvalue weighted by Gasteiger charge is 2.05. The van der Waals surface area contributed by atoms with Gasteiger partial charge in [0.15, 0.2) is 0 Å². The first-order valence-electron chi connectivity index (χ1n) is 6.92. The molecule has 0 N–H and O–H groups in total. The van der Waals surface area contributed by atoms with Gasteiger partial charge in [-0.25, -0.2) is 4.98 Å². The van der Waals surface area contributed by atoms with Gasteiger partial charge in [0.05, 0.1) is 18.7 Å². The first-order valence-corrected chi connectivity index (χ1v) is 7.73. The fourth-order valence-corrected chi connectivity index (χ4v) is 3.05. The maximum Gasteiger partial charge on any atom is 0.250 e. The van der Waals surface area contributed by atoms with Gasteiger partial charge in [0, 0.05) is 23.3 Å². The molecule has 0 spiro atoms. The minimum absolute atomic E-state index is 0.0108. The highest BCUT2D eigenvalue weighted by molar-refractivity contribution is 7.11. The molecule has 0 amide bonds. The largest absolute Gasteiger partial charge is 0.497 e. The number of methoxy groups -OCH3 is 1. The van der Waals surface area contributed by atoms with E-state index in [0.29, 0.717) is 6.54 Å². The molecule has 2 aromatic heterocycles. The van der Waals surface area contributed by atoms with Crippen molar-refractivity contribution in [2.75, 3.05) is 7.11 Å². The van der Waals surface area contributed by atoms with E-state index in [-0.39, 0.29) is 5.56 Å². The van der Waals surface area contributed by atoms with Crippen molar-refractivity contribution in [2.45, 2.75) is 13.5 Å². The fraction of sp³-hybridized carbons (Fsp3) is 0.176. The summed E-state index contributed by atoms with van der Waals surface area (Å²) in [5.74, 6) is 0.817. The van der Waals surface area contributed by atoms with E-state index in [1.807, 2.05) is 49.6 Å². The first-order chi connectivity index (χ1) is 10.7. The van der Waals surface area contributed by atoms with E-state index < -0.39 is 0 Å². The van der Waals surface area contributed by atoms with Gasteiger partial charge >= 0.3 is 0 Å². The van der Waals surface area contributed by atoms with E-state index in [0.717, 1.165) is 26.8 Å². The van der Waals surface area contributed by atoms with Crippen molar-refractivity contribution in [1.29, 1.82) is 0 Å². The molecule has 0 aliphatic rings. The lowest BCUT2D eigenvalue weighted by Gasteiger charge is -2.08. The van der Waals surface area contributed by atoms with Gasteiger partial charge in [-0.15, -0.1) is 11.3 Å². The van der Waals surface area contributed by atoms with Crippen LogP contribution in [0.2, 0.25) is 0 Å². The third-order valence-electron chi connectivity index (χ3n) is 3.40. The Kier molecular flexibility index (Phi) is 4.06. The molecule has 0 radical (unpaired) electrons. The Labute approximate surface area is 132 Å². The average molecular weight is 312 g/mol. The summed E-state index contributed by atoms with van der Waals surface area (Å²) < 4.78 is 6.88. The molecule has 2 heterocycles. The minimum Gasteiger partial charge on any atom is -0.497 e. The first kappa shape index (κ1) is 14.5. The number of nitrogens with zero attached hydrogens (tertiary/aromatic N) is 2. The Morgan fingerprint density at radius 1 is 1.14 bits per heavy atom. The maximum absolute atomic E-state index is 12.0. The van der Waals surface area contributed by atoms with Gasteiger partial charge in [0.25, 0.3) is 5.56 Å². The smallest absolute Gasteiger partial charge is 0.250 e. The van der Waals surface area contributed by atoms with E-state index in [1.165, 1.54) is 0 Å².